The molecule has 10 heteroatoms. The van der Waals surface area contributed by atoms with Gasteiger partial charge in [0.15, 0.2) is 5.65 Å². The second kappa shape index (κ2) is 8.09. The van der Waals surface area contributed by atoms with E-state index in [-0.39, 0.29) is 35.4 Å². The fourth-order valence-electron chi connectivity index (χ4n) is 6.09. The summed E-state index contributed by atoms with van der Waals surface area (Å²) in [5.74, 6) is -0.134. The monoisotopic (exact) mass is 505 g/mol. The van der Waals surface area contributed by atoms with Crippen molar-refractivity contribution in [3.05, 3.63) is 64.6 Å². The van der Waals surface area contributed by atoms with Gasteiger partial charge in [0.2, 0.25) is 5.91 Å². The second-order valence-corrected chi connectivity index (χ2v) is 10.2. The van der Waals surface area contributed by atoms with Crippen molar-refractivity contribution in [1.29, 1.82) is 0 Å². The number of amides is 2. The third-order valence-electron chi connectivity index (χ3n) is 8.10. The molecular formula is C27H25F2N5O3. The molecule has 2 aromatic heterocycles. The smallest absolute Gasteiger partial charge is 0.387 e. The number of ether oxygens (including phenoxy) is 1. The van der Waals surface area contributed by atoms with E-state index in [4.69, 9.17) is 14.8 Å². The number of benzene rings is 1. The number of halogens is 2. The highest BCUT2D eigenvalue weighted by molar-refractivity contribution is 5.98. The zero-order valence-electron chi connectivity index (χ0n) is 20.2. The van der Waals surface area contributed by atoms with Gasteiger partial charge < -0.3 is 14.5 Å². The summed E-state index contributed by atoms with van der Waals surface area (Å²) in [7, 11) is 1.72. The highest BCUT2D eigenvalue weighted by atomic mass is 19.3. The molecule has 2 amide bonds. The Morgan fingerprint density at radius 2 is 2.03 bits per heavy atom. The molecule has 190 valence electrons. The van der Waals surface area contributed by atoms with Gasteiger partial charge >= 0.3 is 6.61 Å². The lowest BCUT2D eigenvalue weighted by atomic mass is 9.89. The number of hydrogen-bond donors (Lipinski definition) is 0. The van der Waals surface area contributed by atoms with Crippen LogP contribution in [-0.4, -0.2) is 63.0 Å². The normalized spacial score (nSPS) is 22.7. The molecule has 2 aliphatic heterocycles. The average Bonchev–Trinajstić information content (AvgIpc) is 3.61. The Labute approximate surface area is 211 Å². The van der Waals surface area contributed by atoms with Crippen molar-refractivity contribution in [3.8, 4) is 5.75 Å². The van der Waals surface area contributed by atoms with Crippen LogP contribution < -0.4 is 4.74 Å². The van der Waals surface area contributed by atoms with Gasteiger partial charge in [0.05, 0.1) is 17.4 Å². The zero-order chi connectivity index (χ0) is 25.4. The van der Waals surface area contributed by atoms with Crippen LogP contribution in [0, 0.1) is 5.92 Å². The Hall–Kier alpha value is -3.82. The quantitative estimate of drug-likeness (QED) is 0.535. The van der Waals surface area contributed by atoms with E-state index in [1.54, 1.807) is 28.6 Å². The number of rotatable bonds is 4. The third kappa shape index (κ3) is 3.45. The first kappa shape index (κ1) is 22.4. The SMILES string of the molecule is CN1C(=O)c2cccc(OC(F)F)c2C2CC1c1nn3ccc(C4=CCN(C(=O)C5CC5)CC4)nc3c12. The Bertz CT molecular complexity index is 1490. The van der Waals surface area contributed by atoms with Gasteiger partial charge in [-0.3, -0.25) is 9.59 Å². The van der Waals surface area contributed by atoms with Gasteiger partial charge in [0.25, 0.3) is 5.91 Å². The summed E-state index contributed by atoms with van der Waals surface area (Å²) >= 11 is 0. The standard InChI is InChI=1S/C27H25F2N5O3/c1-32-19-13-17(21-16(26(32)36)3-2-4-20(21)37-27(28)29)22-23(19)31-34-12-9-18(30-24(22)34)14-7-10-33(11-8-14)25(35)15-5-6-15/h2-4,7,9,12,15,17,19,27H,5-6,8,10-11,13H2,1H3. The summed E-state index contributed by atoms with van der Waals surface area (Å²) in [6.45, 7) is -1.75. The minimum Gasteiger partial charge on any atom is -0.434 e. The molecule has 1 aromatic carbocycles. The van der Waals surface area contributed by atoms with Crippen molar-refractivity contribution in [3.63, 3.8) is 0 Å². The Balaban J connectivity index is 1.32. The number of alkyl halides is 2. The van der Waals surface area contributed by atoms with Crippen molar-refractivity contribution in [2.45, 2.75) is 44.3 Å². The number of carbonyl (C=O) groups excluding carboxylic acids is 2. The van der Waals surface area contributed by atoms with Crippen molar-refractivity contribution in [2.75, 3.05) is 20.1 Å². The molecule has 1 fully saturated rings. The van der Waals surface area contributed by atoms with E-state index in [2.05, 4.69) is 6.08 Å². The molecule has 0 radical (unpaired) electrons. The molecular weight excluding hydrogens is 480 g/mol. The topological polar surface area (TPSA) is 80.0 Å². The zero-order valence-corrected chi connectivity index (χ0v) is 20.2. The van der Waals surface area contributed by atoms with E-state index in [0.717, 1.165) is 41.8 Å². The molecule has 8 nitrogen and oxygen atoms in total. The number of aromatic nitrogens is 3. The van der Waals surface area contributed by atoms with Gasteiger partial charge in [-0.25, -0.2) is 9.50 Å². The predicted octanol–water partition coefficient (Wildman–Crippen LogP) is 4.02. The fourth-order valence-corrected chi connectivity index (χ4v) is 6.09. The van der Waals surface area contributed by atoms with Crippen molar-refractivity contribution >= 4 is 23.0 Å². The highest BCUT2D eigenvalue weighted by Crippen LogP contribution is 2.53. The maximum Gasteiger partial charge on any atom is 0.387 e. The van der Waals surface area contributed by atoms with E-state index < -0.39 is 6.61 Å². The van der Waals surface area contributed by atoms with Crippen molar-refractivity contribution in [1.82, 2.24) is 24.4 Å². The number of carbonyl (C=O) groups is 2. The minimum absolute atomic E-state index is 0.0127. The molecule has 1 saturated carbocycles. The molecule has 3 aromatic rings. The minimum atomic E-state index is -3.00. The highest BCUT2D eigenvalue weighted by Gasteiger charge is 2.46. The Morgan fingerprint density at radius 3 is 2.76 bits per heavy atom. The molecule has 2 atom stereocenters. The van der Waals surface area contributed by atoms with Gasteiger partial charge in [0, 0.05) is 54.9 Å². The molecule has 7 rings (SSSR count). The first-order chi connectivity index (χ1) is 17.9. The average molecular weight is 506 g/mol. The van der Waals surface area contributed by atoms with Crippen molar-refractivity contribution in [2.24, 2.45) is 5.92 Å². The summed E-state index contributed by atoms with van der Waals surface area (Å²) in [6, 6.07) is 6.35. The van der Waals surface area contributed by atoms with Crippen LogP contribution in [0.2, 0.25) is 0 Å². The van der Waals surface area contributed by atoms with Crippen LogP contribution in [0.15, 0.2) is 36.5 Å². The molecule has 0 spiro atoms. The van der Waals surface area contributed by atoms with Crippen LogP contribution in [0.4, 0.5) is 8.78 Å². The Morgan fingerprint density at radius 1 is 1.19 bits per heavy atom. The summed E-state index contributed by atoms with van der Waals surface area (Å²) in [4.78, 5) is 34.2. The number of nitrogens with zero attached hydrogens (tertiary/aromatic N) is 5. The molecule has 37 heavy (non-hydrogen) atoms. The van der Waals surface area contributed by atoms with Gasteiger partial charge in [-0.05, 0) is 49.5 Å². The van der Waals surface area contributed by atoms with Crippen LogP contribution in [0.1, 0.15) is 70.5 Å². The van der Waals surface area contributed by atoms with E-state index >= 15 is 0 Å². The molecule has 4 heterocycles. The maximum absolute atomic E-state index is 13.3. The van der Waals surface area contributed by atoms with Crippen molar-refractivity contribution < 1.29 is 23.1 Å². The predicted molar refractivity (Wildman–Crippen MR) is 129 cm³/mol. The maximum atomic E-state index is 13.3. The lowest BCUT2D eigenvalue weighted by Crippen LogP contribution is -2.35. The van der Waals surface area contributed by atoms with Gasteiger partial charge in [0.1, 0.15) is 5.75 Å². The molecule has 2 bridgehead atoms. The van der Waals surface area contributed by atoms with Gasteiger partial charge in [-0.1, -0.05) is 12.1 Å². The van der Waals surface area contributed by atoms with E-state index in [0.29, 0.717) is 36.3 Å². The van der Waals surface area contributed by atoms with E-state index in [9.17, 15) is 18.4 Å². The van der Waals surface area contributed by atoms with Gasteiger partial charge in [-0.15, -0.1) is 0 Å². The largest absolute Gasteiger partial charge is 0.434 e. The molecule has 4 aliphatic rings. The van der Waals surface area contributed by atoms with E-state index in [1.807, 2.05) is 17.2 Å². The first-order valence-corrected chi connectivity index (χ1v) is 12.6. The van der Waals surface area contributed by atoms with Crippen LogP contribution >= 0.6 is 0 Å². The van der Waals surface area contributed by atoms with Crippen LogP contribution in [0.3, 0.4) is 0 Å². The first-order valence-electron chi connectivity index (χ1n) is 12.6. The number of hydrogen-bond acceptors (Lipinski definition) is 5. The summed E-state index contributed by atoms with van der Waals surface area (Å²) in [5, 5.41) is 4.77. The van der Waals surface area contributed by atoms with Crippen LogP contribution in [-0.2, 0) is 4.79 Å². The third-order valence-corrected chi connectivity index (χ3v) is 8.10. The lowest BCUT2D eigenvalue weighted by Gasteiger charge is -2.26. The molecule has 0 N–H and O–H groups in total. The van der Waals surface area contributed by atoms with Gasteiger partial charge in [-0.2, -0.15) is 13.9 Å². The van der Waals surface area contributed by atoms with Crippen LogP contribution in [0.25, 0.3) is 11.2 Å². The molecule has 2 aliphatic carbocycles. The number of fused-ring (bicyclic) bond motifs is 9. The fraction of sp³-hybridized carbons (Fsp3) is 0.407. The molecule has 0 saturated heterocycles. The summed E-state index contributed by atoms with van der Waals surface area (Å²) in [6.07, 6.45) is 7.16. The van der Waals surface area contributed by atoms with E-state index in [1.165, 1.54) is 6.07 Å². The van der Waals surface area contributed by atoms with Crippen LogP contribution in [0.5, 0.6) is 5.75 Å². The molecule has 2 unspecified atom stereocenters. The lowest BCUT2D eigenvalue weighted by molar-refractivity contribution is -0.132. The second-order valence-electron chi connectivity index (χ2n) is 10.2. The summed E-state index contributed by atoms with van der Waals surface area (Å²) < 4.78 is 33.2. The summed E-state index contributed by atoms with van der Waals surface area (Å²) in [5.41, 5.74) is 4.96. The Kier molecular flexibility index (Phi) is 4.90.